The Bertz CT molecular complexity index is 27.2. The molecule has 0 unspecified atom stereocenters. The van der Waals surface area contributed by atoms with E-state index < -0.39 is 9.05 Å². The Kier molecular flexibility index (Phi) is 15.8. The first-order valence-corrected chi connectivity index (χ1v) is 2.45. The molecule has 0 spiro atoms. The number of hydrogen-bond acceptors (Lipinski definition) is 4. The van der Waals surface area contributed by atoms with Crippen LogP contribution in [0.2, 0.25) is 0 Å². The predicted octanol–water partition coefficient (Wildman–Crippen LogP) is -5.14. The van der Waals surface area contributed by atoms with E-state index in [1.165, 1.54) is 0 Å². The van der Waals surface area contributed by atoms with Gasteiger partial charge in [-0.05, 0) is 0 Å². The summed E-state index contributed by atoms with van der Waals surface area (Å²) in [5.74, 6) is 0. The normalized spacial score (nSPS) is 8.57. The van der Waals surface area contributed by atoms with Crippen molar-refractivity contribution < 1.29 is 97.8 Å². The van der Waals surface area contributed by atoms with Gasteiger partial charge in [-0.2, -0.15) is 0 Å². The van der Waals surface area contributed by atoms with Crippen LogP contribution in [0.1, 0.15) is 0 Å². The fraction of sp³-hybridized carbons (Fsp3) is 0. The molecule has 7 heavy (non-hydrogen) atoms. The molecule has 0 saturated carbocycles. The molecule has 0 aromatic rings. The van der Waals surface area contributed by atoms with E-state index in [4.69, 9.17) is 19.2 Å². The van der Waals surface area contributed by atoms with Crippen molar-refractivity contribution in [1.29, 1.82) is 0 Å². The van der Waals surface area contributed by atoms with Gasteiger partial charge in [0.1, 0.15) is 0 Å². The van der Waals surface area contributed by atoms with Gasteiger partial charge in [0.2, 0.25) is 0 Å². The Balaban J connectivity index is -0.0000000800. The van der Waals surface area contributed by atoms with Crippen molar-refractivity contribution in [3.05, 3.63) is 0 Å². The van der Waals surface area contributed by atoms with Crippen LogP contribution in [0.25, 0.3) is 0 Å². The third-order valence-corrected chi connectivity index (χ3v) is 0. The first kappa shape index (κ1) is 16.3. The first-order chi connectivity index (χ1) is 2.00. The molecule has 1 radical (unpaired) electrons. The summed E-state index contributed by atoms with van der Waals surface area (Å²) >= 11 is 0. The molecule has 0 rings (SSSR count). The summed E-state index contributed by atoms with van der Waals surface area (Å²) < 4.78 is 0. The van der Waals surface area contributed by atoms with Gasteiger partial charge in [-0.3, -0.25) is 0 Å². The zero-order valence-corrected chi connectivity index (χ0v) is 8.69. The molecular weight excluding hydrogens is 407 g/mol. The van der Waals surface area contributed by atoms with Gasteiger partial charge in [0.15, 0.2) is 0 Å². The minimum atomic E-state index is -5.61. The maximum atomic E-state index is 8.58. The molecular formula is CeLuO4Si+2. The van der Waals surface area contributed by atoms with E-state index in [-0.39, 0.29) is 78.6 Å². The summed E-state index contributed by atoms with van der Waals surface area (Å²) in [6, 6.07) is 0. The molecule has 7 heteroatoms. The van der Waals surface area contributed by atoms with Gasteiger partial charge < -0.3 is 28.2 Å². The molecule has 45 valence electrons. The van der Waals surface area contributed by atoms with Crippen LogP contribution >= 0.6 is 0 Å². The quantitative estimate of drug-likeness (QED) is 0.376. The molecule has 0 bridgehead atoms. The fourth-order valence-corrected chi connectivity index (χ4v) is 0. The van der Waals surface area contributed by atoms with Crippen LogP contribution in [-0.2, 0) is 0 Å². The molecule has 0 saturated heterocycles. The number of rotatable bonds is 0. The molecule has 4 nitrogen and oxygen atoms in total. The molecule has 0 N–H and O–H groups in total. The van der Waals surface area contributed by atoms with Gasteiger partial charge in [0, 0.05) is 0 Å². The van der Waals surface area contributed by atoms with E-state index >= 15 is 0 Å². The van der Waals surface area contributed by atoms with Crippen molar-refractivity contribution in [2.75, 3.05) is 0 Å². The van der Waals surface area contributed by atoms with Crippen molar-refractivity contribution in [3.63, 3.8) is 0 Å². The second kappa shape index (κ2) is 6.78. The summed E-state index contributed by atoms with van der Waals surface area (Å²) in [6.45, 7) is 0. The SMILES string of the molecule is [Ce+3].[Lu+3].[O-][Si]([O-])([O-])[O-]. The van der Waals surface area contributed by atoms with Gasteiger partial charge in [-0.15, -0.1) is 0 Å². The van der Waals surface area contributed by atoms with Crippen LogP contribution in [0, 0.1) is 78.6 Å². The average molecular weight is 407 g/mol. The standard InChI is InChI=1S/Ce.Lu.O4Si/c;;1-5(2,3)4/q2*+3;-4. The molecule has 0 aliphatic rings. The van der Waals surface area contributed by atoms with E-state index in [0.717, 1.165) is 0 Å². The molecule has 0 heterocycles. The predicted molar refractivity (Wildman–Crippen MR) is 5.75 cm³/mol. The monoisotopic (exact) mass is 407 g/mol. The van der Waals surface area contributed by atoms with Gasteiger partial charge in [-0.25, -0.2) is 0 Å². The van der Waals surface area contributed by atoms with E-state index in [1.54, 1.807) is 0 Å². The summed E-state index contributed by atoms with van der Waals surface area (Å²) in [7, 11) is -5.61. The van der Waals surface area contributed by atoms with Crippen molar-refractivity contribution in [3.8, 4) is 0 Å². The van der Waals surface area contributed by atoms with Gasteiger partial charge in [0.25, 0.3) is 0 Å². The molecule has 0 atom stereocenters. The molecule has 0 fully saturated rings. The summed E-state index contributed by atoms with van der Waals surface area (Å²) in [6.07, 6.45) is 0. The Morgan fingerprint density at radius 2 is 0.857 bits per heavy atom. The van der Waals surface area contributed by atoms with Crippen LogP contribution in [0.3, 0.4) is 0 Å². The Morgan fingerprint density at radius 1 is 0.857 bits per heavy atom. The third-order valence-electron chi connectivity index (χ3n) is 0. The summed E-state index contributed by atoms with van der Waals surface area (Å²) in [5, 5.41) is 0. The fourth-order valence-electron chi connectivity index (χ4n) is 0. The second-order valence-electron chi connectivity index (χ2n) is 0.500. The van der Waals surface area contributed by atoms with Crippen LogP contribution in [-0.4, -0.2) is 9.05 Å². The van der Waals surface area contributed by atoms with Gasteiger partial charge in [-0.1, -0.05) is 0 Å². The van der Waals surface area contributed by atoms with Gasteiger partial charge in [0.05, 0.1) is 0 Å². The van der Waals surface area contributed by atoms with E-state index in [0.29, 0.717) is 0 Å². The summed E-state index contributed by atoms with van der Waals surface area (Å²) in [5.41, 5.74) is 0. The van der Waals surface area contributed by atoms with Crippen molar-refractivity contribution in [2.24, 2.45) is 0 Å². The Labute approximate surface area is 105 Å². The maximum absolute atomic E-state index is 8.58. The van der Waals surface area contributed by atoms with E-state index in [9.17, 15) is 0 Å². The van der Waals surface area contributed by atoms with Crippen LogP contribution < -0.4 is 19.2 Å². The number of hydrogen-bond donors (Lipinski definition) is 0. The second-order valence-corrected chi connectivity index (χ2v) is 1.50. The first-order valence-electron chi connectivity index (χ1n) is 0.816. The Morgan fingerprint density at radius 3 is 0.857 bits per heavy atom. The average Bonchev–Trinajstić information content (AvgIpc) is 0.722. The molecule has 0 aliphatic heterocycles. The van der Waals surface area contributed by atoms with Gasteiger partial charge >= 0.3 is 78.6 Å². The van der Waals surface area contributed by atoms with E-state index in [2.05, 4.69) is 0 Å². The van der Waals surface area contributed by atoms with Crippen LogP contribution in [0.15, 0.2) is 0 Å². The zero-order chi connectivity index (χ0) is 4.50. The van der Waals surface area contributed by atoms with Crippen LogP contribution in [0.4, 0.5) is 0 Å². The van der Waals surface area contributed by atoms with Crippen molar-refractivity contribution in [2.45, 2.75) is 0 Å². The summed E-state index contributed by atoms with van der Waals surface area (Å²) in [4.78, 5) is 34.3. The van der Waals surface area contributed by atoms with E-state index in [1.807, 2.05) is 0 Å². The molecule has 0 aliphatic carbocycles. The Hall–Kier alpha value is 2.67. The molecule has 0 aromatic heterocycles. The van der Waals surface area contributed by atoms with Crippen molar-refractivity contribution in [1.82, 2.24) is 0 Å². The minimum absolute atomic E-state index is 0. The largest absolute Gasteiger partial charge is 3.00 e. The molecule has 0 aromatic carbocycles. The minimum Gasteiger partial charge on any atom is -0.894 e. The molecule has 0 amide bonds. The topological polar surface area (TPSA) is 92.2 Å². The smallest absolute Gasteiger partial charge is 0.894 e. The van der Waals surface area contributed by atoms with Crippen LogP contribution in [0.5, 0.6) is 0 Å². The van der Waals surface area contributed by atoms with Crippen molar-refractivity contribution >= 4 is 9.05 Å². The zero-order valence-electron chi connectivity index (χ0n) is 2.89. The third kappa shape index (κ3) is 54.2. The maximum Gasteiger partial charge on any atom is 3.00 e.